The predicted octanol–water partition coefficient (Wildman–Crippen LogP) is 3.38. The first kappa shape index (κ1) is 12.2. The molecule has 0 radical (unpaired) electrons. The number of imidazole rings is 1. The van der Waals surface area contributed by atoms with Crippen molar-refractivity contribution in [2.45, 2.75) is 46.7 Å². The molecule has 2 aromatic rings. The molecule has 0 fully saturated rings. The number of hydrogen-bond donors (Lipinski definition) is 0. The molecule has 2 heteroatoms. The van der Waals surface area contributed by atoms with Crippen LogP contribution in [-0.2, 0) is 13.1 Å². The summed E-state index contributed by atoms with van der Waals surface area (Å²) in [5.41, 5.74) is 2.71. The molecule has 92 valence electrons. The van der Waals surface area contributed by atoms with E-state index in [2.05, 4.69) is 60.5 Å². The molecule has 2 rings (SSSR count). The highest BCUT2D eigenvalue weighted by molar-refractivity contribution is 5.71. The van der Waals surface area contributed by atoms with Crippen LogP contribution in [0.15, 0.2) is 30.6 Å². The third kappa shape index (κ3) is 2.51. The average Bonchev–Trinajstić information content (AvgIpc) is 2.74. The molecule has 1 aromatic heterocycles. The van der Waals surface area contributed by atoms with E-state index in [0.29, 0.717) is 0 Å². The third-order valence-electron chi connectivity index (χ3n) is 3.68. The van der Waals surface area contributed by atoms with Crippen LogP contribution in [0.2, 0.25) is 0 Å². The summed E-state index contributed by atoms with van der Waals surface area (Å²) in [4.78, 5) is 0. The first-order valence-corrected chi connectivity index (χ1v) is 6.73. The van der Waals surface area contributed by atoms with Gasteiger partial charge in [0, 0.05) is 0 Å². The van der Waals surface area contributed by atoms with Crippen LogP contribution < -0.4 is 4.57 Å². The first-order chi connectivity index (χ1) is 8.26. The van der Waals surface area contributed by atoms with Crippen LogP contribution in [0.5, 0.6) is 0 Å². The quantitative estimate of drug-likeness (QED) is 0.698. The second-order valence-corrected chi connectivity index (χ2v) is 4.89. The van der Waals surface area contributed by atoms with Gasteiger partial charge in [-0.1, -0.05) is 32.4 Å². The lowest BCUT2D eigenvalue weighted by Crippen LogP contribution is -2.33. The van der Waals surface area contributed by atoms with Crippen molar-refractivity contribution in [3.8, 4) is 0 Å². The van der Waals surface area contributed by atoms with E-state index < -0.39 is 0 Å². The Labute approximate surface area is 104 Å². The predicted molar refractivity (Wildman–Crippen MR) is 71.9 cm³/mol. The van der Waals surface area contributed by atoms with Gasteiger partial charge in [0.15, 0.2) is 11.0 Å². The number of hydrogen-bond acceptors (Lipinski definition) is 0. The van der Waals surface area contributed by atoms with Crippen molar-refractivity contribution in [3.63, 3.8) is 0 Å². The lowest BCUT2D eigenvalue weighted by molar-refractivity contribution is -0.673. The summed E-state index contributed by atoms with van der Waals surface area (Å²) < 4.78 is 4.72. The molecule has 0 aliphatic carbocycles. The summed E-state index contributed by atoms with van der Waals surface area (Å²) in [7, 11) is 0. The molecule has 0 spiro atoms. The van der Waals surface area contributed by atoms with Crippen molar-refractivity contribution in [2.24, 2.45) is 5.92 Å². The summed E-state index contributed by atoms with van der Waals surface area (Å²) >= 11 is 0. The van der Waals surface area contributed by atoms with Gasteiger partial charge in [-0.2, -0.15) is 0 Å². The van der Waals surface area contributed by atoms with Gasteiger partial charge >= 0.3 is 0 Å². The van der Waals surface area contributed by atoms with E-state index in [0.717, 1.165) is 19.0 Å². The van der Waals surface area contributed by atoms with E-state index in [1.807, 2.05) is 0 Å². The van der Waals surface area contributed by atoms with Gasteiger partial charge in [-0.15, -0.1) is 0 Å². The van der Waals surface area contributed by atoms with E-state index >= 15 is 0 Å². The highest BCUT2D eigenvalue weighted by atomic mass is 15.1. The number of aryl methyl sites for hydroxylation is 2. The van der Waals surface area contributed by atoms with Gasteiger partial charge < -0.3 is 0 Å². The minimum absolute atomic E-state index is 0.811. The van der Waals surface area contributed by atoms with Crippen molar-refractivity contribution >= 4 is 11.0 Å². The maximum absolute atomic E-state index is 2.39. The Bertz CT molecular complexity index is 485. The molecule has 0 saturated heterocycles. The second kappa shape index (κ2) is 5.35. The molecule has 1 unspecified atom stereocenters. The van der Waals surface area contributed by atoms with Gasteiger partial charge in [0.2, 0.25) is 6.33 Å². The molecule has 0 N–H and O–H groups in total. The van der Waals surface area contributed by atoms with Crippen LogP contribution >= 0.6 is 0 Å². The molecule has 1 aromatic carbocycles. The van der Waals surface area contributed by atoms with E-state index in [4.69, 9.17) is 0 Å². The molecular weight excluding hydrogens is 208 g/mol. The number of nitrogens with zero attached hydrogens (tertiary/aromatic N) is 2. The van der Waals surface area contributed by atoms with E-state index in [9.17, 15) is 0 Å². The Morgan fingerprint density at radius 3 is 2.71 bits per heavy atom. The van der Waals surface area contributed by atoms with E-state index in [1.165, 1.54) is 23.9 Å². The monoisotopic (exact) mass is 231 g/mol. The fraction of sp³-hybridized carbons (Fsp3) is 0.533. The second-order valence-electron chi connectivity index (χ2n) is 4.89. The fourth-order valence-corrected chi connectivity index (χ4v) is 2.24. The Balaban J connectivity index is 2.28. The van der Waals surface area contributed by atoms with E-state index in [1.54, 1.807) is 0 Å². The van der Waals surface area contributed by atoms with Crippen molar-refractivity contribution in [2.75, 3.05) is 0 Å². The lowest BCUT2D eigenvalue weighted by Gasteiger charge is -2.05. The Hall–Kier alpha value is -1.31. The van der Waals surface area contributed by atoms with Crippen molar-refractivity contribution in [1.82, 2.24) is 4.57 Å². The summed E-state index contributed by atoms with van der Waals surface area (Å²) in [6.45, 7) is 8.97. The molecule has 1 atom stereocenters. The summed E-state index contributed by atoms with van der Waals surface area (Å²) in [6.07, 6.45) is 4.79. The molecule has 0 aliphatic rings. The molecular formula is C15H23N2+. The van der Waals surface area contributed by atoms with Crippen molar-refractivity contribution in [3.05, 3.63) is 30.6 Å². The summed E-state index contributed by atoms with van der Waals surface area (Å²) in [6, 6.07) is 8.67. The summed E-state index contributed by atoms with van der Waals surface area (Å²) in [5, 5.41) is 0. The van der Waals surface area contributed by atoms with Crippen LogP contribution in [0.1, 0.15) is 33.6 Å². The number of benzene rings is 1. The molecule has 0 aliphatic heterocycles. The third-order valence-corrected chi connectivity index (χ3v) is 3.68. The topological polar surface area (TPSA) is 8.81 Å². The molecule has 2 nitrogen and oxygen atoms in total. The number of aromatic nitrogens is 2. The van der Waals surface area contributed by atoms with Crippen LogP contribution in [0.4, 0.5) is 0 Å². The average molecular weight is 231 g/mol. The number of para-hydroxylation sites is 2. The van der Waals surface area contributed by atoms with Gasteiger partial charge in [0.05, 0.1) is 13.1 Å². The lowest BCUT2D eigenvalue weighted by atomic mass is 10.1. The van der Waals surface area contributed by atoms with Crippen LogP contribution in [0.25, 0.3) is 11.0 Å². The maximum atomic E-state index is 2.39. The van der Waals surface area contributed by atoms with E-state index in [-0.39, 0.29) is 0 Å². The maximum Gasteiger partial charge on any atom is 0.244 e. The van der Waals surface area contributed by atoms with Gasteiger partial charge in [0.25, 0.3) is 0 Å². The Morgan fingerprint density at radius 1 is 1.24 bits per heavy atom. The van der Waals surface area contributed by atoms with Gasteiger partial charge in [-0.05, 0) is 31.4 Å². The fourth-order valence-electron chi connectivity index (χ4n) is 2.24. The zero-order chi connectivity index (χ0) is 12.3. The zero-order valence-corrected chi connectivity index (χ0v) is 11.2. The molecule has 0 saturated carbocycles. The van der Waals surface area contributed by atoms with Gasteiger partial charge in [-0.3, -0.25) is 0 Å². The van der Waals surface area contributed by atoms with Crippen LogP contribution in [0.3, 0.4) is 0 Å². The molecule has 0 bridgehead atoms. The highest BCUT2D eigenvalue weighted by Crippen LogP contribution is 2.12. The largest absolute Gasteiger partial charge is 0.244 e. The SMILES string of the molecule is CCC(C)CC[n+]1cn(CC)c2ccccc21. The smallest absolute Gasteiger partial charge is 0.230 e. The minimum Gasteiger partial charge on any atom is -0.230 e. The minimum atomic E-state index is 0.811. The number of rotatable bonds is 5. The standard InChI is InChI=1S/C15H23N2/c1-4-13(3)10-11-17-12-16(5-2)14-8-6-7-9-15(14)17/h6-9,12-13H,4-5,10-11H2,1-3H3/q+1. The first-order valence-electron chi connectivity index (χ1n) is 6.73. The van der Waals surface area contributed by atoms with Crippen LogP contribution in [-0.4, -0.2) is 4.57 Å². The Morgan fingerprint density at radius 2 is 2.00 bits per heavy atom. The highest BCUT2D eigenvalue weighted by Gasteiger charge is 2.13. The molecule has 1 heterocycles. The molecule has 0 amide bonds. The summed E-state index contributed by atoms with van der Waals surface area (Å²) in [5.74, 6) is 0.811. The Kier molecular flexibility index (Phi) is 3.82. The zero-order valence-electron chi connectivity index (χ0n) is 11.2. The normalized spacial score (nSPS) is 13.1. The van der Waals surface area contributed by atoms with Gasteiger partial charge in [-0.25, -0.2) is 9.13 Å². The van der Waals surface area contributed by atoms with Gasteiger partial charge in [0.1, 0.15) is 0 Å². The molecule has 17 heavy (non-hydrogen) atoms. The number of fused-ring (bicyclic) bond motifs is 1. The van der Waals surface area contributed by atoms with Crippen LogP contribution in [0, 0.1) is 5.92 Å². The van der Waals surface area contributed by atoms with Crippen molar-refractivity contribution in [1.29, 1.82) is 0 Å². The van der Waals surface area contributed by atoms with Crippen molar-refractivity contribution < 1.29 is 4.57 Å².